The second kappa shape index (κ2) is 2.57. The molecule has 2 N–H and O–H groups in total. The molecule has 1 amide bonds. The lowest BCUT2D eigenvalue weighted by Crippen LogP contribution is -2.68. The first kappa shape index (κ1) is 8.26. The highest BCUT2D eigenvalue weighted by Gasteiger charge is 2.49. The predicted molar refractivity (Wildman–Crippen MR) is 47.9 cm³/mol. The van der Waals surface area contributed by atoms with Gasteiger partial charge in [-0.1, -0.05) is 30.3 Å². The average molecular weight is 177 g/mol. The van der Waals surface area contributed by atoms with Crippen LogP contribution < -0.4 is 5.32 Å². The van der Waals surface area contributed by atoms with Crippen LogP contribution in [0, 0.1) is 0 Å². The molecule has 0 aromatic heterocycles. The number of rotatable bonds is 1. The smallest absolute Gasteiger partial charge is 0.252 e. The van der Waals surface area contributed by atoms with E-state index in [1.807, 2.05) is 37.3 Å². The van der Waals surface area contributed by atoms with Gasteiger partial charge < -0.3 is 10.4 Å². The molecule has 1 fully saturated rings. The third-order valence-electron chi connectivity index (χ3n) is 2.55. The topological polar surface area (TPSA) is 49.3 Å². The second-order valence-corrected chi connectivity index (χ2v) is 3.46. The molecule has 13 heavy (non-hydrogen) atoms. The maximum absolute atomic E-state index is 10.9. The molecule has 1 heterocycles. The molecule has 2 unspecified atom stereocenters. The summed E-state index contributed by atoms with van der Waals surface area (Å²) < 4.78 is 0. The molecule has 1 aromatic rings. The van der Waals surface area contributed by atoms with E-state index in [0.717, 1.165) is 5.56 Å². The Hall–Kier alpha value is -1.35. The van der Waals surface area contributed by atoms with Gasteiger partial charge in [-0.2, -0.15) is 0 Å². The van der Waals surface area contributed by atoms with Gasteiger partial charge in [0.25, 0.3) is 5.91 Å². The number of amides is 1. The third-order valence-corrected chi connectivity index (χ3v) is 2.55. The summed E-state index contributed by atoms with van der Waals surface area (Å²) in [6.45, 7) is 1.81. The number of benzene rings is 1. The minimum absolute atomic E-state index is 0.300. The molecular weight excluding hydrogens is 166 g/mol. The molecule has 1 aliphatic rings. The first-order valence-electron chi connectivity index (χ1n) is 4.20. The largest absolute Gasteiger partial charge is 0.380 e. The first-order valence-corrected chi connectivity index (χ1v) is 4.20. The van der Waals surface area contributed by atoms with Crippen LogP contribution in [-0.4, -0.2) is 17.1 Å². The lowest BCUT2D eigenvalue weighted by Gasteiger charge is -2.44. The van der Waals surface area contributed by atoms with Crippen molar-refractivity contribution >= 4 is 5.91 Å². The molecule has 0 aliphatic carbocycles. The van der Waals surface area contributed by atoms with Crippen LogP contribution >= 0.6 is 0 Å². The second-order valence-electron chi connectivity index (χ2n) is 3.46. The molecule has 68 valence electrons. The zero-order chi connectivity index (χ0) is 9.47. The number of β-lactam (4-membered cyclic amide) rings is 1. The van der Waals surface area contributed by atoms with Crippen molar-refractivity contribution in [2.75, 3.05) is 0 Å². The zero-order valence-corrected chi connectivity index (χ0v) is 7.32. The van der Waals surface area contributed by atoms with Crippen molar-refractivity contribution < 1.29 is 9.90 Å². The van der Waals surface area contributed by atoms with Gasteiger partial charge in [0.05, 0.1) is 5.54 Å². The highest BCUT2D eigenvalue weighted by atomic mass is 16.3. The van der Waals surface area contributed by atoms with Gasteiger partial charge >= 0.3 is 0 Å². The molecule has 2 atom stereocenters. The molecule has 2 rings (SSSR count). The summed E-state index contributed by atoms with van der Waals surface area (Å²) in [6.07, 6.45) is -0.921. The number of hydrogen-bond acceptors (Lipinski definition) is 2. The summed E-state index contributed by atoms with van der Waals surface area (Å²) in [7, 11) is 0. The van der Waals surface area contributed by atoms with Crippen molar-refractivity contribution in [1.82, 2.24) is 5.32 Å². The third kappa shape index (κ3) is 1.04. The summed E-state index contributed by atoms with van der Waals surface area (Å²) in [5.74, 6) is -0.300. The van der Waals surface area contributed by atoms with Gasteiger partial charge in [0.15, 0.2) is 6.10 Å². The van der Waals surface area contributed by atoms with Gasteiger partial charge in [-0.3, -0.25) is 4.79 Å². The van der Waals surface area contributed by atoms with Crippen molar-refractivity contribution in [2.24, 2.45) is 0 Å². The van der Waals surface area contributed by atoms with Crippen LogP contribution in [0.1, 0.15) is 12.5 Å². The quantitative estimate of drug-likeness (QED) is 0.610. The Morgan fingerprint density at radius 2 is 2.00 bits per heavy atom. The van der Waals surface area contributed by atoms with Crippen LogP contribution in [0.5, 0.6) is 0 Å². The molecular formula is C10H11NO2. The lowest BCUT2D eigenvalue weighted by atomic mass is 9.79. The summed E-state index contributed by atoms with van der Waals surface area (Å²) in [5.41, 5.74) is 0.334. The van der Waals surface area contributed by atoms with E-state index in [-0.39, 0.29) is 5.91 Å². The molecule has 1 aromatic carbocycles. The molecule has 0 bridgehead atoms. The average Bonchev–Trinajstić information content (AvgIpc) is 2.19. The molecule has 0 spiro atoms. The Bertz CT molecular complexity index is 336. The normalized spacial score (nSPS) is 32.2. The van der Waals surface area contributed by atoms with Crippen molar-refractivity contribution in [2.45, 2.75) is 18.6 Å². The van der Waals surface area contributed by atoms with E-state index >= 15 is 0 Å². The maximum atomic E-state index is 10.9. The standard InChI is InChI=1S/C10H11NO2/c1-10(8(12)9(13)11-10)7-5-3-2-4-6-7/h2-6,8,12H,1H3,(H,11,13). The number of nitrogens with one attached hydrogen (secondary N) is 1. The lowest BCUT2D eigenvalue weighted by molar-refractivity contribution is -0.151. The van der Waals surface area contributed by atoms with E-state index in [9.17, 15) is 9.90 Å². The molecule has 0 saturated carbocycles. The van der Waals surface area contributed by atoms with Crippen molar-refractivity contribution in [3.05, 3.63) is 35.9 Å². The number of hydrogen-bond donors (Lipinski definition) is 2. The first-order chi connectivity index (χ1) is 6.14. The van der Waals surface area contributed by atoms with E-state index in [1.54, 1.807) is 0 Å². The molecule has 1 aliphatic heterocycles. The van der Waals surface area contributed by atoms with Gasteiger partial charge in [0.1, 0.15) is 0 Å². The van der Waals surface area contributed by atoms with E-state index < -0.39 is 11.6 Å². The molecule has 1 saturated heterocycles. The maximum Gasteiger partial charge on any atom is 0.252 e. The van der Waals surface area contributed by atoms with Gasteiger partial charge in [0, 0.05) is 0 Å². The fourth-order valence-electron chi connectivity index (χ4n) is 1.59. The summed E-state index contributed by atoms with van der Waals surface area (Å²) in [6, 6.07) is 9.46. The van der Waals surface area contributed by atoms with E-state index in [2.05, 4.69) is 5.32 Å². The zero-order valence-electron chi connectivity index (χ0n) is 7.32. The van der Waals surface area contributed by atoms with Crippen LogP contribution in [0.2, 0.25) is 0 Å². The van der Waals surface area contributed by atoms with Gasteiger partial charge in [0.2, 0.25) is 0 Å². The summed E-state index contributed by atoms with van der Waals surface area (Å²) >= 11 is 0. The highest BCUT2D eigenvalue weighted by molar-refractivity contribution is 5.90. The number of aliphatic hydroxyl groups excluding tert-OH is 1. The molecule has 0 radical (unpaired) electrons. The fourth-order valence-corrected chi connectivity index (χ4v) is 1.59. The Morgan fingerprint density at radius 3 is 2.46 bits per heavy atom. The summed E-state index contributed by atoms with van der Waals surface area (Å²) in [5, 5.41) is 12.2. The van der Waals surface area contributed by atoms with E-state index in [4.69, 9.17) is 0 Å². The van der Waals surface area contributed by atoms with Crippen LogP contribution in [0.4, 0.5) is 0 Å². The van der Waals surface area contributed by atoms with Gasteiger partial charge in [-0.25, -0.2) is 0 Å². The van der Waals surface area contributed by atoms with Gasteiger partial charge in [-0.15, -0.1) is 0 Å². The van der Waals surface area contributed by atoms with E-state index in [1.165, 1.54) is 0 Å². The van der Waals surface area contributed by atoms with Gasteiger partial charge in [-0.05, 0) is 12.5 Å². The minimum atomic E-state index is -0.921. The van der Waals surface area contributed by atoms with Crippen molar-refractivity contribution in [3.8, 4) is 0 Å². The van der Waals surface area contributed by atoms with Crippen LogP contribution in [0.25, 0.3) is 0 Å². The fraction of sp³-hybridized carbons (Fsp3) is 0.300. The highest BCUT2D eigenvalue weighted by Crippen LogP contribution is 2.31. The van der Waals surface area contributed by atoms with Crippen molar-refractivity contribution in [1.29, 1.82) is 0 Å². The van der Waals surface area contributed by atoms with E-state index in [0.29, 0.717) is 0 Å². The molecule has 3 heteroatoms. The monoisotopic (exact) mass is 177 g/mol. The Labute approximate surface area is 76.4 Å². The minimum Gasteiger partial charge on any atom is -0.380 e. The van der Waals surface area contributed by atoms with Crippen molar-refractivity contribution in [3.63, 3.8) is 0 Å². The number of carbonyl (C=O) groups excluding carboxylic acids is 1. The SMILES string of the molecule is CC1(c2ccccc2)NC(=O)C1O. The van der Waals surface area contributed by atoms with Crippen LogP contribution in [0.3, 0.4) is 0 Å². The Balaban J connectivity index is 2.33. The number of aliphatic hydroxyl groups is 1. The summed E-state index contributed by atoms with van der Waals surface area (Å²) in [4.78, 5) is 10.9. The van der Waals surface area contributed by atoms with Crippen LogP contribution in [0.15, 0.2) is 30.3 Å². The predicted octanol–water partition coefficient (Wildman–Crippen LogP) is 0.393. The number of carbonyl (C=O) groups is 1. The van der Waals surface area contributed by atoms with Crippen LogP contribution in [-0.2, 0) is 10.3 Å². The molecule has 3 nitrogen and oxygen atoms in total. The Morgan fingerprint density at radius 1 is 1.38 bits per heavy atom. The Kier molecular flexibility index (Phi) is 1.63.